The molecule has 0 aromatic heterocycles. The van der Waals surface area contributed by atoms with E-state index < -0.39 is 10.1 Å². The first kappa shape index (κ1) is 15.1. The molecule has 1 fully saturated rings. The van der Waals surface area contributed by atoms with Crippen molar-refractivity contribution in [3.05, 3.63) is 29.8 Å². The zero-order valence-corrected chi connectivity index (χ0v) is 11.9. The van der Waals surface area contributed by atoms with E-state index in [0.717, 1.165) is 5.56 Å². The SMILES string of the molecule is CC.Cc1ccc(S(=O)(=O)O[C@H]2CCOC2)cc1. The molecule has 0 aliphatic carbocycles. The van der Waals surface area contributed by atoms with Crippen molar-refractivity contribution in [2.45, 2.75) is 38.2 Å². The zero-order chi connectivity index (χ0) is 13.6. The summed E-state index contributed by atoms with van der Waals surface area (Å²) >= 11 is 0. The van der Waals surface area contributed by atoms with Crippen LogP contribution < -0.4 is 0 Å². The fourth-order valence-corrected chi connectivity index (χ4v) is 2.62. The highest BCUT2D eigenvalue weighted by Gasteiger charge is 2.24. The van der Waals surface area contributed by atoms with Crippen LogP contribution in [0.4, 0.5) is 0 Å². The maximum atomic E-state index is 11.8. The lowest BCUT2D eigenvalue weighted by atomic mass is 10.2. The Labute approximate surface area is 109 Å². The van der Waals surface area contributed by atoms with Crippen LogP contribution in [0.1, 0.15) is 25.8 Å². The molecule has 1 aromatic carbocycles. The first-order chi connectivity index (χ1) is 8.58. The van der Waals surface area contributed by atoms with Crippen molar-refractivity contribution in [3.8, 4) is 0 Å². The normalized spacial score (nSPS) is 19.2. The van der Waals surface area contributed by atoms with Gasteiger partial charge in [-0.25, -0.2) is 0 Å². The van der Waals surface area contributed by atoms with E-state index in [0.29, 0.717) is 19.6 Å². The highest BCUT2D eigenvalue weighted by molar-refractivity contribution is 7.86. The monoisotopic (exact) mass is 272 g/mol. The summed E-state index contributed by atoms with van der Waals surface area (Å²) in [6.07, 6.45) is 0.289. The second-order valence-corrected chi connectivity index (χ2v) is 5.42. The first-order valence-electron chi connectivity index (χ1n) is 6.16. The second-order valence-electron chi connectivity index (χ2n) is 3.85. The summed E-state index contributed by atoms with van der Waals surface area (Å²) in [4.78, 5) is 0.199. The smallest absolute Gasteiger partial charge is 0.297 e. The summed E-state index contributed by atoms with van der Waals surface area (Å²) in [6.45, 7) is 6.82. The predicted molar refractivity (Wildman–Crippen MR) is 70.0 cm³/mol. The van der Waals surface area contributed by atoms with E-state index in [4.69, 9.17) is 8.92 Å². The summed E-state index contributed by atoms with van der Waals surface area (Å²) in [6, 6.07) is 6.61. The summed E-state index contributed by atoms with van der Waals surface area (Å²) in [5, 5.41) is 0. The molecule has 1 saturated heterocycles. The minimum absolute atomic E-state index is 0.199. The van der Waals surface area contributed by atoms with E-state index in [9.17, 15) is 8.42 Å². The molecule has 4 nitrogen and oxygen atoms in total. The fourth-order valence-electron chi connectivity index (χ4n) is 1.53. The molecule has 0 saturated carbocycles. The lowest BCUT2D eigenvalue weighted by Gasteiger charge is -2.10. The molecule has 1 aliphatic heterocycles. The van der Waals surface area contributed by atoms with Crippen molar-refractivity contribution in [1.29, 1.82) is 0 Å². The molecule has 1 heterocycles. The highest BCUT2D eigenvalue weighted by Crippen LogP contribution is 2.18. The van der Waals surface area contributed by atoms with Gasteiger partial charge in [0.2, 0.25) is 0 Å². The fraction of sp³-hybridized carbons (Fsp3) is 0.538. The largest absolute Gasteiger partial charge is 0.379 e. The minimum atomic E-state index is -3.64. The van der Waals surface area contributed by atoms with Crippen LogP contribution in [-0.4, -0.2) is 27.7 Å². The number of benzene rings is 1. The molecule has 18 heavy (non-hydrogen) atoms. The van der Waals surface area contributed by atoms with Gasteiger partial charge in [0, 0.05) is 13.0 Å². The van der Waals surface area contributed by atoms with Crippen LogP contribution in [0, 0.1) is 6.92 Å². The van der Waals surface area contributed by atoms with Gasteiger partial charge in [0.15, 0.2) is 0 Å². The van der Waals surface area contributed by atoms with Crippen LogP contribution in [0.2, 0.25) is 0 Å². The third-order valence-corrected chi connectivity index (χ3v) is 3.84. The standard InChI is InChI=1S/C11H14O4S.C2H6/c1-9-2-4-11(5-3-9)16(12,13)15-10-6-7-14-8-10;1-2/h2-5,10H,6-8H2,1H3;1-2H3/t10-;/m0./s1. The topological polar surface area (TPSA) is 52.6 Å². The van der Waals surface area contributed by atoms with Gasteiger partial charge in [-0.2, -0.15) is 8.42 Å². The quantitative estimate of drug-likeness (QED) is 0.793. The molecular formula is C13H20O4S. The number of hydrogen-bond acceptors (Lipinski definition) is 4. The van der Waals surface area contributed by atoms with Gasteiger partial charge >= 0.3 is 0 Å². The van der Waals surface area contributed by atoms with Crippen molar-refractivity contribution in [3.63, 3.8) is 0 Å². The van der Waals surface area contributed by atoms with E-state index in [2.05, 4.69) is 0 Å². The molecule has 1 atom stereocenters. The Morgan fingerprint density at radius 2 is 1.83 bits per heavy atom. The summed E-state index contributed by atoms with van der Waals surface area (Å²) in [5.41, 5.74) is 1.02. The molecule has 0 N–H and O–H groups in total. The molecule has 0 amide bonds. The summed E-state index contributed by atoms with van der Waals surface area (Å²) in [5.74, 6) is 0. The maximum Gasteiger partial charge on any atom is 0.297 e. The third kappa shape index (κ3) is 4.08. The molecule has 102 valence electrons. The Morgan fingerprint density at radius 1 is 1.22 bits per heavy atom. The van der Waals surface area contributed by atoms with Gasteiger partial charge in [0.25, 0.3) is 10.1 Å². The van der Waals surface area contributed by atoms with E-state index in [1.807, 2.05) is 20.8 Å². The highest BCUT2D eigenvalue weighted by atomic mass is 32.2. The van der Waals surface area contributed by atoms with E-state index >= 15 is 0 Å². The van der Waals surface area contributed by atoms with Gasteiger partial charge in [-0.1, -0.05) is 31.5 Å². The van der Waals surface area contributed by atoms with Gasteiger partial charge in [0.1, 0.15) is 6.10 Å². The number of aryl methyl sites for hydroxylation is 1. The van der Waals surface area contributed by atoms with Gasteiger partial charge in [-0.15, -0.1) is 0 Å². The molecule has 2 rings (SSSR count). The van der Waals surface area contributed by atoms with Gasteiger partial charge in [-0.3, -0.25) is 4.18 Å². The van der Waals surface area contributed by atoms with Gasteiger partial charge in [0.05, 0.1) is 11.5 Å². The molecular weight excluding hydrogens is 252 g/mol. The van der Waals surface area contributed by atoms with Crippen LogP contribution >= 0.6 is 0 Å². The molecule has 5 heteroatoms. The predicted octanol–water partition coefficient (Wildman–Crippen LogP) is 2.52. The number of rotatable bonds is 3. The van der Waals surface area contributed by atoms with Crippen molar-refractivity contribution >= 4 is 10.1 Å². The lowest BCUT2D eigenvalue weighted by molar-refractivity contribution is 0.145. The van der Waals surface area contributed by atoms with Crippen LogP contribution in [-0.2, 0) is 19.0 Å². The number of ether oxygens (including phenoxy) is 1. The molecule has 0 bridgehead atoms. The average Bonchev–Trinajstić information content (AvgIpc) is 2.84. The van der Waals surface area contributed by atoms with Gasteiger partial charge in [-0.05, 0) is 19.1 Å². The van der Waals surface area contributed by atoms with Gasteiger partial charge < -0.3 is 4.74 Å². The molecule has 1 aliphatic rings. The Hall–Kier alpha value is -0.910. The van der Waals surface area contributed by atoms with E-state index in [1.165, 1.54) is 0 Å². The summed E-state index contributed by atoms with van der Waals surface area (Å²) < 4.78 is 33.8. The van der Waals surface area contributed by atoms with Crippen LogP contribution in [0.25, 0.3) is 0 Å². The maximum absolute atomic E-state index is 11.8. The Kier molecular flexibility index (Phi) is 5.78. The van der Waals surface area contributed by atoms with E-state index in [-0.39, 0.29) is 11.0 Å². The van der Waals surface area contributed by atoms with Crippen LogP contribution in [0.5, 0.6) is 0 Å². The van der Waals surface area contributed by atoms with Crippen molar-refractivity contribution in [1.82, 2.24) is 0 Å². The van der Waals surface area contributed by atoms with Crippen molar-refractivity contribution in [2.75, 3.05) is 13.2 Å². The summed E-state index contributed by atoms with van der Waals surface area (Å²) in [7, 11) is -3.64. The Balaban J connectivity index is 0.000000771. The second kappa shape index (κ2) is 6.87. The third-order valence-electron chi connectivity index (χ3n) is 2.46. The molecule has 1 aromatic rings. The average molecular weight is 272 g/mol. The molecule has 0 unspecified atom stereocenters. The lowest BCUT2D eigenvalue weighted by Crippen LogP contribution is -2.18. The van der Waals surface area contributed by atoms with Crippen LogP contribution in [0.15, 0.2) is 29.2 Å². The first-order valence-corrected chi connectivity index (χ1v) is 7.56. The Bertz CT molecular complexity index is 444. The Morgan fingerprint density at radius 3 is 2.33 bits per heavy atom. The molecule has 0 radical (unpaired) electrons. The van der Waals surface area contributed by atoms with E-state index in [1.54, 1.807) is 24.3 Å². The van der Waals surface area contributed by atoms with Crippen molar-refractivity contribution < 1.29 is 17.3 Å². The van der Waals surface area contributed by atoms with Crippen LogP contribution in [0.3, 0.4) is 0 Å². The molecule has 0 spiro atoms. The minimum Gasteiger partial charge on any atom is -0.379 e. The number of hydrogen-bond donors (Lipinski definition) is 0. The van der Waals surface area contributed by atoms with Crippen molar-refractivity contribution in [2.24, 2.45) is 0 Å². The zero-order valence-electron chi connectivity index (χ0n) is 11.0.